The minimum absolute atomic E-state index is 0.102. The average Bonchev–Trinajstić information content (AvgIpc) is 3.17. The maximum absolute atomic E-state index is 12.9. The fourth-order valence-corrected chi connectivity index (χ4v) is 5.57. The van der Waals surface area contributed by atoms with Crippen LogP contribution in [0.25, 0.3) is 0 Å². The molecule has 1 amide bonds. The number of piperidine rings is 1. The van der Waals surface area contributed by atoms with E-state index in [1.54, 1.807) is 29.6 Å². The highest BCUT2D eigenvalue weighted by Crippen LogP contribution is 2.34. The number of nitrogens with zero attached hydrogens (tertiary/aromatic N) is 1. The second-order valence-electron chi connectivity index (χ2n) is 6.71. The van der Waals surface area contributed by atoms with Crippen LogP contribution in [0, 0.1) is 11.2 Å². The third-order valence-corrected chi connectivity index (χ3v) is 8.10. The van der Waals surface area contributed by atoms with Gasteiger partial charge in [0, 0.05) is 25.0 Å². The number of amides is 1. The quantitative estimate of drug-likeness (QED) is 0.845. The summed E-state index contributed by atoms with van der Waals surface area (Å²) in [6.07, 6.45) is 0.930. The molecule has 1 aromatic heterocycles. The first-order valence-corrected chi connectivity index (χ1v) is 10.7. The lowest BCUT2D eigenvalue weighted by Gasteiger charge is -2.37. The SMILES string of the molecule is CC1(C(=O)NCc2ccc(F)cc2)CCN(S(=O)(=O)c2cccs2)CC1. The van der Waals surface area contributed by atoms with Gasteiger partial charge in [-0.25, -0.2) is 12.8 Å². The third-order valence-electron chi connectivity index (χ3n) is 4.83. The molecule has 8 heteroatoms. The Morgan fingerprint density at radius 2 is 1.88 bits per heavy atom. The summed E-state index contributed by atoms with van der Waals surface area (Å²) in [5.41, 5.74) is 0.211. The van der Waals surface area contributed by atoms with Crippen LogP contribution in [-0.4, -0.2) is 31.7 Å². The normalized spacial score (nSPS) is 17.8. The Morgan fingerprint density at radius 3 is 2.46 bits per heavy atom. The molecule has 1 aliphatic heterocycles. The van der Waals surface area contributed by atoms with Crippen molar-refractivity contribution in [1.29, 1.82) is 0 Å². The number of carbonyl (C=O) groups is 1. The zero-order chi connectivity index (χ0) is 18.8. The van der Waals surface area contributed by atoms with E-state index in [1.165, 1.54) is 27.8 Å². The maximum Gasteiger partial charge on any atom is 0.252 e. The van der Waals surface area contributed by atoms with Crippen molar-refractivity contribution >= 4 is 27.3 Å². The van der Waals surface area contributed by atoms with Crippen LogP contribution in [0.1, 0.15) is 25.3 Å². The Hall–Kier alpha value is -1.77. The van der Waals surface area contributed by atoms with Gasteiger partial charge in [-0.15, -0.1) is 11.3 Å². The smallest absolute Gasteiger partial charge is 0.252 e. The molecule has 140 valence electrons. The second kappa shape index (κ2) is 7.46. The van der Waals surface area contributed by atoms with Crippen molar-refractivity contribution in [3.05, 3.63) is 53.2 Å². The maximum atomic E-state index is 12.9. The highest BCUT2D eigenvalue weighted by molar-refractivity contribution is 7.91. The van der Waals surface area contributed by atoms with Gasteiger partial charge in [0.2, 0.25) is 5.91 Å². The molecule has 0 radical (unpaired) electrons. The monoisotopic (exact) mass is 396 g/mol. The zero-order valence-corrected chi connectivity index (χ0v) is 16.1. The van der Waals surface area contributed by atoms with Crippen LogP contribution >= 0.6 is 11.3 Å². The van der Waals surface area contributed by atoms with E-state index in [1.807, 2.05) is 6.92 Å². The van der Waals surface area contributed by atoms with Crippen molar-refractivity contribution < 1.29 is 17.6 Å². The van der Waals surface area contributed by atoms with Crippen molar-refractivity contribution in [3.8, 4) is 0 Å². The highest BCUT2D eigenvalue weighted by Gasteiger charge is 2.40. The largest absolute Gasteiger partial charge is 0.352 e. The molecule has 1 saturated heterocycles. The molecule has 2 heterocycles. The lowest BCUT2D eigenvalue weighted by atomic mass is 9.80. The molecule has 0 bridgehead atoms. The molecular formula is C18H21FN2O3S2. The number of nitrogens with one attached hydrogen (secondary N) is 1. The summed E-state index contributed by atoms with van der Waals surface area (Å²) in [6.45, 7) is 2.83. The Balaban J connectivity index is 1.58. The van der Waals surface area contributed by atoms with Crippen LogP contribution in [-0.2, 0) is 21.4 Å². The summed E-state index contributed by atoms with van der Waals surface area (Å²) in [5.74, 6) is -0.415. The molecule has 0 saturated carbocycles. The molecule has 0 spiro atoms. The molecule has 0 unspecified atom stereocenters. The topological polar surface area (TPSA) is 66.5 Å². The minimum atomic E-state index is -3.47. The van der Waals surface area contributed by atoms with E-state index < -0.39 is 15.4 Å². The number of rotatable bonds is 5. The first kappa shape index (κ1) is 19.0. The predicted octanol–water partition coefficient (Wildman–Crippen LogP) is 2.99. The van der Waals surface area contributed by atoms with E-state index in [0.717, 1.165) is 5.56 Å². The van der Waals surface area contributed by atoms with Gasteiger partial charge in [0.1, 0.15) is 10.0 Å². The first-order chi connectivity index (χ1) is 12.3. The van der Waals surface area contributed by atoms with Crippen molar-refractivity contribution in [3.63, 3.8) is 0 Å². The van der Waals surface area contributed by atoms with Gasteiger partial charge in [-0.2, -0.15) is 4.31 Å². The van der Waals surface area contributed by atoms with Gasteiger partial charge in [-0.3, -0.25) is 4.79 Å². The van der Waals surface area contributed by atoms with E-state index in [4.69, 9.17) is 0 Å². The van der Waals surface area contributed by atoms with E-state index in [2.05, 4.69) is 5.32 Å². The van der Waals surface area contributed by atoms with E-state index in [-0.39, 0.29) is 11.7 Å². The Kier molecular flexibility index (Phi) is 5.45. The summed E-state index contributed by atoms with van der Waals surface area (Å²) >= 11 is 1.20. The average molecular weight is 397 g/mol. The van der Waals surface area contributed by atoms with Gasteiger partial charge < -0.3 is 5.32 Å². The first-order valence-electron chi connectivity index (χ1n) is 8.38. The lowest BCUT2D eigenvalue weighted by molar-refractivity contribution is -0.132. The van der Waals surface area contributed by atoms with Crippen LogP contribution in [0.4, 0.5) is 4.39 Å². The number of hydrogen-bond acceptors (Lipinski definition) is 4. The molecule has 1 N–H and O–H groups in total. The summed E-state index contributed by atoms with van der Waals surface area (Å²) in [6, 6.07) is 9.30. The molecule has 26 heavy (non-hydrogen) atoms. The Labute approximate surface area is 156 Å². The number of thiophene rings is 1. The molecule has 5 nitrogen and oxygen atoms in total. The predicted molar refractivity (Wildman–Crippen MR) is 98.7 cm³/mol. The van der Waals surface area contributed by atoms with Crippen molar-refractivity contribution in [2.75, 3.05) is 13.1 Å². The Morgan fingerprint density at radius 1 is 1.23 bits per heavy atom. The van der Waals surface area contributed by atoms with Gasteiger partial charge in [-0.05, 0) is 42.0 Å². The Bertz CT molecular complexity index is 856. The molecule has 0 atom stereocenters. The summed E-state index contributed by atoms with van der Waals surface area (Å²) in [4.78, 5) is 12.6. The standard InChI is InChI=1S/C18H21FN2O3S2/c1-18(17(22)20-13-14-4-6-15(19)7-5-14)8-10-21(11-9-18)26(23,24)16-3-2-12-25-16/h2-7,12H,8-11,13H2,1H3,(H,20,22). The molecular weight excluding hydrogens is 375 g/mol. The van der Waals surface area contributed by atoms with E-state index >= 15 is 0 Å². The molecule has 0 aliphatic carbocycles. The fraction of sp³-hybridized carbons (Fsp3) is 0.389. The van der Waals surface area contributed by atoms with Crippen molar-refractivity contribution in [2.45, 2.75) is 30.5 Å². The minimum Gasteiger partial charge on any atom is -0.352 e. The number of hydrogen-bond donors (Lipinski definition) is 1. The number of benzene rings is 1. The molecule has 3 rings (SSSR count). The van der Waals surface area contributed by atoms with Gasteiger partial charge >= 0.3 is 0 Å². The molecule has 1 aromatic carbocycles. The van der Waals surface area contributed by atoms with Crippen LogP contribution in [0.2, 0.25) is 0 Å². The van der Waals surface area contributed by atoms with Gasteiger partial charge in [0.25, 0.3) is 10.0 Å². The van der Waals surface area contributed by atoms with Crippen LogP contribution in [0.5, 0.6) is 0 Å². The summed E-state index contributed by atoms with van der Waals surface area (Å²) in [7, 11) is -3.47. The van der Waals surface area contributed by atoms with Gasteiger partial charge in [0.05, 0.1) is 0 Å². The van der Waals surface area contributed by atoms with Crippen molar-refractivity contribution in [1.82, 2.24) is 9.62 Å². The number of sulfonamides is 1. The number of halogens is 1. The molecule has 1 aliphatic rings. The van der Waals surface area contributed by atoms with Crippen molar-refractivity contribution in [2.24, 2.45) is 5.41 Å². The van der Waals surface area contributed by atoms with E-state index in [0.29, 0.717) is 36.7 Å². The highest BCUT2D eigenvalue weighted by atomic mass is 32.2. The van der Waals surface area contributed by atoms with Crippen LogP contribution in [0.15, 0.2) is 46.0 Å². The summed E-state index contributed by atoms with van der Waals surface area (Å²) < 4.78 is 39.9. The molecule has 2 aromatic rings. The zero-order valence-electron chi connectivity index (χ0n) is 14.4. The fourth-order valence-electron chi connectivity index (χ4n) is 2.98. The second-order valence-corrected chi connectivity index (χ2v) is 9.82. The van der Waals surface area contributed by atoms with Gasteiger partial charge in [-0.1, -0.05) is 25.1 Å². The third kappa shape index (κ3) is 3.97. The van der Waals surface area contributed by atoms with Gasteiger partial charge in [0.15, 0.2) is 0 Å². The summed E-state index contributed by atoms with van der Waals surface area (Å²) in [5, 5.41) is 4.62. The molecule has 1 fully saturated rings. The van der Waals surface area contributed by atoms with Crippen LogP contribution < -0.4 is 5.32 Å². The van der Waals surface area contributed by atoms with Crippen LogP contribution in [0.3, 0.4) is 0 Å². The lowest BCUT2D eigenvalue weighted by Crippen LogP contribution is -2.48. The van der Waals surface area contributed by atoms with E-state index in [9.17, 15) is 17.6 Å². The number of carbonyl (C=O) groups excluding carboxylic acids is 1.